The van der Waals surface area contributed by atoms with Crippen molar-refractivity contribution in [3.8, 4) is 0 Å². The number of carbonyl (C=O) groups is 4. The van der Waals surface area contributed by atoms with E-state index < -0.39 is 17.8 Å². The maximum atomic E-state index is 12.0. The highest BCUT2D eigenvalue weighted by atomic mass is 16.5. The van der Waals surface area contributed by atoms with Gasteiger partial charge in [-0.3, -0.25) is 19.3 Å². The van der Waals surface area contributed by atoms with E-state index in [0.717, 1.165) is 11.0 Å². The third-order valence-electron chi connectivity index (χ3n) is 3.33. The molecular weight excluding hydrogens is 302 g/mol. The van der Waals surface area contributed by atoms with Gasteiger partial charge in [-0.05, 0) is 12.8 Å². The summed E-state index contributed by atoms with van der Waals surface area (Å²) in [5, 5.41) is 8.55. The van der Waals surface area contributed by atoms with Gasteiger partial charge in [0, 0.05) is 30.7 Å². The Kier molecular flexibility index (Phi) is 6.68. The molecule has 2 amide bonds. The molecule has 1 aliphatic heterocycles. The molecule has 0 unspecified atom stereocenters. The highest BCUT2D eigenvalue weighted by molar-refractivity contribution is 6.16. The zero-order valence-corrected chi connectivity index (χ0v) is 13.5. The van der Waals surface area contributed by atoms with E-state index in [2.05, 4.69) is 0 Å². The summed E-state index contributed by atoms with van der Waals surface area (Å²) in [6.45, 7) is 5.31. The van der Waals surface area contributed by atoms with Crippen LogP contribution in [-0.2, 0) is 23.9 Å². The van der Waals surface area contributed by atoms with Crippen LogP contribution in [0.25, 0.3) is 0 Å². The SMILES string of the molecule is CC(=CC(=O)O)CCOC(=O)CCN1C(=O)C=C(C(C)C)C1=O. The van der Waals surface area contributed by atoms with Crippen molar-refractivity contribution >= 4 is 23.8 Å². The Morgan fingerprint density at radius 1 is 1.30 bits per heavy atom. The van der Waals surface area contributed by atoms with Gasteiger partial charge in [-0.25, -0.2) is 4.79 Å². The monoisotopic (exact) mass is 323 g/mol. The number of amides is 2. The van der Waals surface area contributed by atoms with Crippen molar-refractivity contribution in [3.63, 3.8) is 0 Å². The van der Waals surface area contributed by atoms with Gasteiger partial charge in [-0.1, -0.05) is 19.4 Å². The number of carbonyl (C=O) groups excluding carboxylic acids is 3. The fourth-order valence-corrected chi connectivity index (χ4v) is 2.04. The van der Waals surface area contributed by atoms with Crippen LogP contribution in [0.3, 0.4) is 0 Å². The fourth-order valence-electron chi connectivity index (χ4n) is 2.04. The van der Waals surface area contributed by atoms with E-state index in [1.807, 2.05) is 13.8 Å². The molecule has 1 aliphatic rings. The van der Waals surface area contributed by atoms with E-state index >= 15 is 0 Å². The van der Waals surface area contributed by atoms with Gasteiger partial charge >= 0.3 is 11.9 Å². The van der Waals surface area contributed by atoms with Gasteiger partial charge in [0.15, 0.2) is 0 Å². The van der Waals surface area contributed by atoms with Crippen LogP contribution in [0.4, 0.5) is 0 Å². The number of nitrogens with zero attached hydrogens (tertiary/aromatic N) is 1. The molecule has 7 heteroatoms. The van der Waals surface area contributed by atoms with Crippen molar-refractivity contribution in [2.75, 3.05) is 13.2 Å². The van der Waals surface area contributed by atoms with Crippen molar-refractivity contribution in [2.24, 2.45) is 5.92 Å². The number of rotatable bonds is 8. The fraction of sp³-hybridized carbons (Fsp3) is 0.500. The molecule has 0 atom stereocenters. The molecule has 23 heavy (non-hydrogen) atoms. The Morgan fingerprint density at radius 2 is 1.96 bits per heavy atom. The molecule has 1 heterocycles. The lowest BCUT2D eigenvalue weighted by molar-refractivity contribution is -0.145. The van der Waals surface area contributed by atoms with E-state index in [1.165, 1.54) is 6.08 Å². The van der Waals surface area contributed by atoms with Crippen LogP contribution in [0.5, 0.6) is 0 Å². The Labute approximate surface area is 134 Å². The number of ether oxygens (including phenoxy) is 1. The Hall–Kier alpha value is -2.44. The summed E-state index contributed by atoms with van der Waals surface area (Å²) in [6, 6.07) is 0. The van der Waals surface area contributed by atoms with Gasteiger partial charge < -0.3 is 9.84 Å². The van der Waals surface area contributed by atoms with Gasteiger partial charge in [0.1, 0.15) is 0 Å². The molecule has 0 saturated heterocycles. The minimum absolute atomic E-state index is 0.0207. The predicted octanol–water partition coefficient (Wildman–Crippen LogP) is 1.29. The second kappa shape index (κ2) is 8.26. The van der Waals surface area contributed by atoms with Crippen LogP contribution < -0.4 is 0 Å². The third kappa shape index (κ3) is 5.69. The molecule has 0 fully saturated rings. The number of aliphatic carboxylic acids is 1. The zero-order valence-electron chi connectivity index (χ0n) is 13.5. The van der Waals surface area contributed by atoms with Crippen molar-refractivity contribution < 1.29 is 29.0 Å². The first-order valence-corrected chi connectivity index (χ1v) is 7.35. The molecule has 0 aromatic rings. The third-order valence-corrected chi connectivity index (χ3v) is 3.33. The topological polar surface area (TPSA) is 101 Å². The lowest BCUT2D eigenvalue weighted by Crippen LogP contribution is -2.34. The average molecular weight is 323 g/mol. The summed E-state index contributed by atoms with van der Waals surface area (Å²) in [4.78, 5) is 46.8. The molecule has 1 rings (SSSR count). The second-order valence-electron chi connectivity index (χ2n) is 5.60. The molecule has 0 spiro atoms. The summed E-state index contributed by atoms with van der Waals surface area (Å²) in [5.74, 6) is -2.41. The molecular formula is C16H21NO6. The first-order chi connectivity index (χ1) is 10.7. The minimum Gasteiger partial charge on any atom is -0.478 e. The summed E-state index contributed by atoms with van der Waals surface area (Å²) in [7, 11) is 0. The average Bonchev–Trinajstić information content (AvgIpc) is 2.71. The van der Waals surface area contributed by atoms with Crippen molar-refractivity contribution in [3.05, 3.63) is 23.3 Å². The number of carboxylic acid groups (broad SMARTS) is 1. The Bertz CT molecular complexity index is 573. The van der Waals surface area contributed by atoms with Crippen LogP contribution in [0.15, 0.2) is 23.3 Å². The van der Waals surface area contributed by atoms with Crippen LogP contribution in [0, 0.1) is 5.92 Å². The van der Waals surface area contributed by atoms with Crippen LogP contribution in [-0.4, -0.2) is 46.9 Å². The van der Waals surface area contributed by atoms with Crippen molar-refractivity contribution in [1.29, 1.82) is 0 Å². The van der Waals surface area contributed by atoms with Crippen LogP contribution in [0.2, 0.25) is 0 Å². The Balaban J connectivity index is 2.36. The number of hydrogen-bond acceptors (Lipinski definition) is 5. The maximum absolute atomic E-state index is 12.0. The number of carboxylic acids is 1. The summed E-state index contributed by atoms with van der Waals surface area (Å²) in [5.41, 5.74) is 1.03. The summed E-state index contributed by atoms with van der Waals surface area (Å²) in [6.07, 6.45) is 2.59. The number of imide groups is 1. The number of hydrogen-bond donors (Lipinski definition) is 1. The quantitative estimate of drug-likeness (QED) is 0.410. The molecule has 1 N–H and O–H groups in total. The number of esters is 1. The van der Waals surface area contributed by atoms with Gasteiger partial charge in [0.2, 0.25) is 0 Å². The molecule has 0 saturated carbocycles. The molecule has 0 aromatic heterocycles. The van der Waals surface area contributed by atoms with Gasteiger partial charge in [0.25, 0.3) is 11.8 Å². The zero-order chi connectivity index (χ0) is 17.6. The van der Waals surface area contributed by atoms with E-state index in [4.69, 9.17) is 9.84 Å². The highest BCUT2D eigenvalue weighted by Gasteiger charge is 2.32. The van der Waals surface area contributed by atoms with Crippen molar-refractivity contribution in [1.82, 2.24) is 4.90 Å². The Morgan fingerprint density at radius 3 is 2.48 bits per heavy atom. The van der Waals surface area contributed by atoms with Gasteiger partial charge in [-0.2, -0.15) is 0 Å². The van der Waals surface area contributed by atoms with E-state index in [0.29, 0.717) is 17.6 Å². The first kappa shape index (κ1) is 18.6. The molecule has 0 bridgehead atoms. The van der Waals surface area contributed by atoms with Gasteiger partial charge in [-0.15, -0.1) is 0 Å². The summed E-state index contributed by atoms with van der Waals surface area (Å²) < 4.78 is 4.96. The van der Waals surface area contributed by atoms with Gasteiger partial charge in [0.05, 0.1) is 13.0 Å². The molecule has 0 aliphatic carbocycles. The summed E-state index contributed by atoms with van der Waals surface area (Å²) >= 11 is 0. The molecule has 7 nitrogen and oxygen atoms in total. The van der Waals surface area contributed by atoms with Crippen LogP contribution >= 0.6 is 0 Å². The minimum atomic E-state index is -1.05. The predicted molar refractivity (Wildman–Crippen MR) is 81.2 cm³/mol. The highest BCUT2D eigenvalue weighted by Crippen LogP contribution is 2.20. The van der Waals surface area contributed by atoms with E-state index in [-0.39, 0.29) is 31.4 Å². The smallest absolute Gasteiger partial charge is 0.328 e. The second-order valence-corrected chi connectivity index (χ2v) is 5.60. The first-order valence-electron chi connectivity index (χ1n) is 7.35. The normalized spacial score (nSPS) is 15.2. The standard InChI is InChI=1S/C16H21NO6/c1-10(2)12-9-13(18)17(16(12)22)6-4-15(21)23-7-5-11(3)8-14(19)20/h8-10H,4-7H2,1-3H3,(H,19,20). The van der Waals surface area contributed by atoms with E-state index in [9.17, 15) is 19.2 Å². The van der Waals surface area contributed by atoms with Crippen LogP contribution in [0.1, 0.15) is 33.6 Å². The lowest BCUT2D eigenvalue weighted by Gasteiger charge is -2.15. The molecule has 0 radical (unpaired) electrons. The van der Waals surface area contributed by atoms with Crippen molar-refractivity contribution in [2.45, 2.75) is 33.6 Å². The van der Waals surface area contributed by atoms with E-state index in [1.54, 1.807) is 6.92 Å². The molecule has 126 valence electrons. The largest absolute Gasteiger partial charge is 0.478 e. The maximum Gasteiger partial charge on any atom is 0.328 e. The lowest BCUT2D eigenvalue weighted by atomic mass is 10.0. The molecule has 0 aromatic carbocycles.